The molecular weight excluding hydrogens is 332 g/mol. The Balaban J connectivity index is 1.92. The Morgan fingerprint density at radius 3 is 2.50 bits per heavy atom. The fraction of sp³-hybridized carbons (Fsp3) is 0.238. The van der Waals surface area contributed by atoms with Gasteiger partial charge in [0.15, 0.2) is 11.6 Å². The van der Waals surface area contributed by atoms with Crippen molar-refractivity contribution in [2.45, 2.75) is 24.9 Å². The summed E-state index contributed by atoms with van der Waals surface area (Å²) in [5.74, 6) is -0.772. The second-order valence-corrected chi connectivity index (χ2v) is 6.94. The molecule has 0 saturated heterocycles. The summed E-state index contributed by atoms with van der Waals surface area (Å²) in [5.41, 5.74) is 4.79. The van der Waals surface area contributed by atoms with Crippen LogP contribution in [-0.2, 0) is 4.74 Å². The number of carbonyl (C=O) groups excluding carboxylic acids is 2. The number of rotatable bonds is 1. The van der Waals surface area contributed by atoms with Crippen molar-refractivity contribution in [3.05, 3.63) is 58.1 Å². The lowest BCUT2D eigenvalue weighted by Crippen LogP contribution is -2.35. The van der Waals surface area contributed by atoms with Gasteiger partial charge in [0.1, 0.15) is 17.6 Å². The summed E-state index contributed by atoms with van der Waals surface area (Å²) in [6.45, 7) is 0. The molecule has 2 atom stereocenters. The van der Waals surface area contributed by atoms with Crippen LogP contribution in [0.25, 0.3) is 11.1 Å². The van der Waals surface area contributed by atoms with Crippen LogP contribution >= 0.6 is 0 Å². The van der Waals surface area contributed by atoms with Gasteiger partial charge in [-0.3, -0.25) is 9.59 Å². The molecular formula is C21H16O5. The lowest BCUT2D eigenvalue weighted by atomic mass is 9.75. The van der Waals surface area contributed by atoms with Gasteiger partial charge in [-0.1, -0.05) is 18.2 Å². The van der Waals surface area contributed by atoms with E-state index in [-0.39, 0.29) is 34.5 Å². The number of ketones is 2. The van der Waals surface area contributed by atoms with Crippen LogP contribution in [0.1, 0.15) is 56.2 Å². The van der Waals surface area contributed by atoms with Crippen LogP contribution in [0, 0.1) is 0 Å². The van der Waals surface area contributed by atoms with Gasteiger partial charge in [-0.25, -0.2) is 0 Å². The maximum atomic E-state index is 13.0. The lowest BCUT2D eigenvalue weighted by molar-refractivity contribution is 0.0559. The van der Waals surface area contributed by atoms with E-state index in [1.54, 1.807) is 12.1 Å². The van der Waals surface area contributed by atoms with Crippen LogP contribution in [0.3, 0.4) is 0 Å². The number of hydrogen-bond donors (Lipinski definition) is 2. The molecule has 3 aliphatic carbocycles. The normalized spacial score (nSPS) is 23.0. The first-order chi connectivity index (χ1) is 12.5. The van der Waals surface area contributed by atoms with Crippen molar-refractivity contribution in [1.29, 1.82) is 0 Å². The SMILES string of the molecule is COC1C(=O)c2c(O)cccc2C2=C3CCC(=O)c4c(O)ccc(c43)C21. The van der Waals surface area contributed by atoms with Gasteiger partial charge in [0, 0.05) is 19.4 Å². The van der Waals surface area contributed by atoms with E-state index >= 15 is 0 Å². The van der Waals surface area contributed by atoms with E-state index in [1.807, 2.05) is 6.07 Å². The van der Waals surface area contributed by atoms with E-state index in [4.69, 9.17) is 4.74 Å². The molecule has 5 heteroatoms. The van der Waals surface area contributed by atoms with Crippen molar-refractivity contribution < 1.29 is 24.5 Å². The number of ether oxygens (including phenoxy) is 1. The van der Waals surface area contributed by atoms with Gasteiger partial charge in [-0.2, -0.15) is 0 Å². The standard InChI is InChI=1S/C21H16O5/c1-26-21-18-11-6-8-14(24)19-13(23)7-5-10(16(11)19)15(18)9-3-2-4-12(22)17(9)20(21)25/h2-4,6,8,18,21-22,24H,5,7H2,1H3. The summed E-state index contributed by atoms with van der Waals surface area (Å²) in [6, 6.07) is 8.34. The zero-order chi connectivity index (χ0) is 18.2. The highest BCUT2D eigenvalue weighted by Gasteiger charge is 2.48. The van der Waals surface area contributed by atoms with Crippen LogP contribution in [0.4, 0.5) is 0 Å². The Hall–Kier alpha value is -2.92. The van der Waals surface area contributed by atoms with Crippen molar-refractivity contribution in [2.24, 2.45) is 0 Å². The first-order valence-electron chi connectivity index (χ1n) is 8.56. The first kappa shape index (κ1) is 15.3. The highest BCUT2D eigenvalue weighted by Crippen LogP contribution is 2.58. The average molecular weight is 348 g/mol. The Kier molecular flexibility index (Phi) is 2.98. The maximum absolute atomic E-state index is 13.0. The van der Waals surface area contributed by atoms with E-state index in [1.165, 1.54) is 19.2 Å². The smallest absolute Gasteiger partial charge is 0.196 e. The Bertz CT molecular complexity index is 1050. The lowest BCUT2D eigenvalue weighted by Gasteiger charge is -2.32. The predicted molar refractivity (Wildman–Crippen MR) is 94.5 cm³/mol. The summed E-state index contributed by atoms with van der Waals surface area (Å²) in [5, 5.41) is 20.6. The molecule has 3 aliphatic rings. The Morgan fingerprint density at radius 2 is 1.73 bits per heavy atom. The molecule has 0 saturated carbocycles. The van der Waals surface area contributed by atoms with Crippen LogP contribution in [-0.4, -0.2) is 35.0 Å². The van der Waals surface area contributed by atoms with Crippen molar-refractivity contribution in [1.82, 2.24) is 0 Å². The number of hydrogen-bond acceptors (Lipinski definition) is 5. The molecule has 5 nitrogen and oxygen atoms in total. The number of phenols is 2. The second kappa shape index (κ2) is 5.05. The van der Waals surface area contributed by atoms with Gasteiger partial charge in [0.2, 0.25) is 0 Å². The third-order valence-electron chi connectivity index (χ3n) is 5.76. The van der Waals surface area contributed by atoms with E-state index < -0.39 is 6.10 Å². The third-order valence-corrected chi connectivity index (χ3v) is 5.76. The van der Waals surface area contributed by atoms with Crippen molar-refractivity contribution in [3.63, 3.8) is 0 Å². The molecule has 0 aliphatic heterocycles. The summed E-state index contributed by atoms with van der Waals surface area (Å²) in [6.07, 6.45) is 0.0935. The number of allylic oxidation sites excluding steroid dienone is 1. The van der Waals surface area contributed by atoms with Gasteiger partial charge in [0.25, 0.3) is 0 Å². The van der Waals surface area contributed by atoms with Crippen molar-refractivity contribution in [2.75, 3.05) is 7.11 Å². The summed E-state index contributed by atoms with van der Waals surface area (Å²) >= 11 is 0. The molecule has 2 aromatic rings. The molecule has 26 heavy (non-hydrogen) atoms. The van der Waals surface area contributed by atoms with Crippen molar-refractivity contribution >= 4 is 22.7 Å². The van der Waals surface area contributed by atoms with Crippen LogP contribution < -0.4 is 0 Å². The minimum absolute atomic E-state index is 0.0263. The van der Waals surface area contributed by atoms with E-state index in [0.717, 1.165) is 22.3 Å². The van der Waals surface area contributed by atoms with Crippen LogP contribution in [0.2, 0.25) is 0 Å². The van der Waals surface area contributed by atoms with Gasteiger partial charge in [0.05, 0.1) is 11.1 Å². The second-order valence-electron chi connectivity index (χ2n) is 6.94. The number of carbonyl (C=O) groups is 2. The number of fused-ring (bicyclic) bond motifs is 4. The monoisotopic (exact) mass is 348 g/mol. The van der Waals surface area contributed by atoms with E-state index in [9.17, 15) is 19.8 Å². The third kappa shape index (κ3) is 1.68. The predicted octanol–water partition coefficient (Wildman–Crippen LogP) is 3.29. The maximum Gasteiger partial charge on any atom is 0.196 e. The highest BCUT2D eigenvalue weighted by atomic mass is 16.5. The Labute approximate surface area is 149 Å². The molecule has 0 bridgehead atoms. The van der Waals surface area contributed by atoms with E-state index in [2.05, 4.69) is 0 Å². The summed E-state index contributed by atoms with van der Waals surface area (Å²) in [4.78, 5) is 25.5. The van der Waals surface area contributed by atoms with Crippen molar-refractivity contribution in [3.8, 4) is 11.5 Å². The minimum Gasteiger partial charge on any atom is -0.507 e. The fourth-order valence-electron chi connectivity index (χ4n) is 4.78. The molecule has 0 aromatic heterocycles. The number of aromatic hydroxyl groups is 2. The number of benzene rings is 2. The summed E-state index contributed by atoms with van der Waals surface area (Å²) in [7, 11) is 1.48. The number of methoxy groups -OCH3 is 1. The zero-order valence-corrected chi connectivity index (χ0v) is 14.1. The quantitative estimate of drug-likeness (QED) is 0.826. The molecule has 2 N–H and O–H groups in total. The van der Waals surface area contributed by atoms with Gasteiger partial charge < -0.3 is 14.9 Å². The van der Waals surface area contributed by atoms with Crippen LogP contribution in [0.15, 0.2) is 30.3 Å². The number of Topliss-reactive ketones (excluding diaryl/α,β-unsaturated/α-hetero) is 2. The number of phenolic OH excluding ortho intramolecular Hbond substituents is 2. The molecule has 0 fully saturated rings. The molecule has 0 heterocycles. The molecule has 130 valence electrons. The minimum atomic E-state index is -0.771. The largest absolute Gasteiger partial charge is 0.507 e. The summed E-state index contributed by atoms with van der Waals surface area (Å²) < 4.78 is 5.55. The Morgan fingerprint density at radius 1 is 0.962 bits per heavy atom. The fourth-order valence-corrected chi connectivity index (χ4v) is 4.78. The van der Waals surface area contributed by atoms with Crippen LogP contribution in [0.5, 0.6) is 11.5 Å². The van der Waals surface area contributed by atoms with Gasteiger partial charge in [-0.15, -0.1) is 0 Å². The van der Waals surface area contributed by atoms with E-state index in [0.29, 0.717) is 24.0 Å². The highest BCUT2D eigenvalue weighted by molar-refractivity contribution is 6.19. The first-order valence-corrected chi connectivity index (χ1v) is 8.56. The molecule has 2 unspecified atom stereocenters. The topological polar surface area (TPSA) is 83.8 Å². The zero-order valence-electron chi connectivity index (χ0n) is 14.1. The molecule has 0 radical (unpaired) electrons. The molecule has 5 rings (SSSR count). The average Bonchev–Trinajstić information content (AvgIpc) is 2.95. The molecule has 2 aromatic carbocycles. The molecule has 0 amide bonds. The van der Waals surface area contributed by atoms with Gasteiger partial charge >= 0.3 is 0 Å². The molecule has 0 spiro atoms. The van der Waals surface area contributed by atoms with Gasteiger partial charge in [-0.05, 0) is 46.4 Å².